The van der Waals surface area contributed by atoms with Crippen molar-refractivity contribution in [2.75, 3.05) is 5.01 Å². The van der Waals surface area contributed by atoms with Gasteiger partial charge < -0.3 is 15.6 Å². The van der Waals surface area contributed by atoms with Gasteiger partial charge in [0.2, 0.25) is 5.91 Å². The zero-order valence-corrected chi connectivity index (χ0v) is 20.5. The Balaban J connectivity index is 1.45. The number of amides is 2. The summed E-state index contributed by atoms with van der Waals surface area (Å²) in [6.45, 7) is 0. The van der Waals surface area contributed by atoms with E-state index < -0.39 is 17.5 Å². The highest BCUT2D eigenvalue weighted by atomic mass is 35.5. The monoisotopic (exact) mass is 538 g/mol. The van der Waals surface area contributed by atoms with E-state index in [1.807, 2.05) is 0 Å². The Hall–Kier alpha value is -4.45. The standard InChI is InChI=1S/C25H21ClF2N8O2/c26-16-4-6-19(35(11-29)34-31)22(23(16)28)13-7-14-2-5-20(36(14)21(37)9-13)25-32-10-18(33-25)12-1-3-15(24(30)38)17(27)8-12/h1,3-4,6,8-11,14,20,29,31H,2,5,7H2,(H2,30,38)(H,32,33)/t14-,20-/m0/s1. The molecule has 5 rings (SSSR count). The van der Waals surface area contributed by atoms with Crippen molar-refractivity contribution in [3.63, 3.8) is 0 Å². The van der Waals surface area contributed by atoms with E-state index in [4.69, 9.17) is 28.3 Å². The number of primary amides is 1. The summed E-state index contributed by atoms with van der Waals surface area (Å²) in [7, 11) is 0. The van der Waals surface area contributed by atoms with Crippen LogP contribution in [0.2, 0.25) is 5.02 Å². The van der Waals surface area contributed by atoms with E-state index in [0.29, 0.717) is 41.9 Å². The molecule has 0 spiro atoms. The second-order valence-corrected chi connectivity index (χ2v) is 9.34. The van der Waals surface area contributed by atoms with Crippen LogP contribution in [0.5, 0.6) is 0 Å². The van der Waals surface area contributed by atoms with E-state index in [0.717, 1.165) is 11.3 Å². The third-order valence-electron chi connectivity index (χ3n) is 6.84. The molecule has 10 nitrogen and oxygen atoms in total. The summed E-state index contributed by atoms with van der Waals surface area (Å²) in [5, 5.41) is 11.5. The first-order valence-corrected chi connectivity index (χ1v) is 11.9. The largest absolute Gasteiger partial charge is 0.366 e. The molecule has 2 amide bonds. The second-order valence-electron chi connectivity index (χ2n) is 8.94. The molecule has 2 aliphatic heterocycles. The van der Waals surface area contributed by atoms with Crippen LogP contribution in [0.3, 0.4) is 0 Å². The molecule has 1 fully saturated rings. The van der Waals surface area contributed by atoms with Crippen LogP contribution in [-0.4, -0.2) is 39.1 Å². The smallest absolute Gasteiger partial charge is 0.251 e. The number of nitrogens with two attached hydrogens (primary N) is 1. The van der Waals surface area contributed by atoms with E-state index >= 15 is 4.39 Å². The molecule has 0 saturated carbocycles. The maximum atomic E-state index is 15.2. The minimum Gasteiger partial charge on any atom is -0.366 e. The van der Waals surface area contributed by atoms with E-state index in [1.54, 1.807) is 11.0 Å². The highest BCUT2D eigenvalue weighted by Gasteiger charge is 2.42. The fourth-order valence-corrected chi connectivity index (χ4v) is 5.28. The van der Waals surface area contributed by atoms with Gasteiger partial charge in [-0.2, -0.15) is 5.53 Å². The highest BCUT2D eigenvalue weighted by molar-refractivity contribution is 6.31. The Morgan fingerprint density at radius 3 is 2.76 bits per heavy atom. The summed E-state index contributed by atoms with van der Waals surface area (Å²) in [5.74, 6) is -2.19. The van der Waals surface area contributed by atoms with E-state index in [9.17, 15) is 14.0 Å². The van der Waals surface area contributed by atoms with Crippen molar-refractivity contribution in [3.05, 3.63) is 76.2 Å². The number of hydrogen-bond donors (Lipinski definition) is 4. The molecule has 38 heavy (non-hydrogen) atoms. The first kappa shape index (κ1) is 25.2. The van der Waals surface area contributed by atoms with Crippen LogP contribution in [0, 0.1) is 22.6 Å². The minimum absolute atomic E-state index is 0.0233. The number of fused-ring (bicyclic) bond motifs is 1. The number of benzene rings is 2. The Morgan fingerprint density at radius 2 is 2.08 bits per heavy atom. The summed E-state index contributed by atoms with van der Waals surface area (Å²) in [4.78, 5) is 33.9. The zero-order valence-electron chi connectivity index (χ0n) is 19.7. The summed E-state index contributed by atoms with van der Waals surface area (Å²) in [6.07, 6.45) is 5.18. The first-order valence-electron chi connectivity index (χ1n) is 11.6. The number of aromatic amines is 1. The number of carbonyl (C=O) groups excluding carboxylic acids is 2. The number of carbonyl (C=O) groups is 2. The van der Waals surface area contributed by atoms with Crippen LogP contribution in [0.15, 0.2) is 47.8 Å². The van der Waals surface area contributed by atoms with Gasteiger partial charge in [0.25, 0.3) is 5.91 Å². The van der Waals surface area contributed by atoms with Gasteiger partial charge in [0, 0.05) is 23.2 Å². The SMILES string of the molecule is N=CN(N=N)c1ccc(Cl)c(F)c1C1=CC(=O)N2[C@@H](CC[C@H]2c2ncc(-c3ccc(C(N)=O)c(F)c3)[nH]2)C1. The van der Waals surface area contributed by atoms with Crippen molar-refractivity contribution in [2.24, 2.45) is 11.0 Å². The summed E-state index contributed by atoms with van der Waals surface area (Å²) in [6, 6.07) is 6.17. The predicted octanol–water partition coefficient (Wildman–Crippen LogP) is 4.99. The number of imidazole rings is 1. The first-order chi connectivity index (χ1) is 18.2. The van der Waals surface area contributed by atoms with E-state index in [2.05, 4.69) is 15.2 Å². The maximum absolute atomic E-state index is 15.2. The molecule has 0 radical (unpaired) electrons. The third kappa shape index (κ3) is 4.22. The number of aromatic nitrogens is 2. The molecular weight excluding hydrogens is 518 g/mol. The van der Waals surface area contributed by atoms with Crippen LogP contribution in [-0.2, 0) is 4.79 Å². The van der Waals surface area contributed by atoms with Gasteiger partial charge in [-0.15, -0.1) is 0 Å². The van der Waals surface area contributed by atoms with Gasteiger partial charge in [-0.25, -0.2) is 18.8 Å². The van der Waals surface area contributed by atoms with Crippen molar-refractivity contribution in [2.45, 2.75) is 31.3 Å². The molecule has 0 bridgehead atoms. The van der Waals surface area contributed by atoms with E-state index in [1.165, 1.54) is 36.5 Å². The Bertz CT molecular complexity index is 1510. The number of H-pyrrole nitrogens is 1. The number of nitrogens with zero attached hydrogens (tertiary/aromatic N) is 4. The van der Waals surface area contributed by atoms with Crippen LogP contribution >= 0.6 is 11.6 Å². The molecule has 2 atom stereocenters. The second kappa shape index (κ2) is 9.78. The van der Waals surface area contributed by atoms with Crippen molar-refractivity contribution < 1.29 is 18.4 Å². The fourth-order valence-electron chi connectivity index (χ4n) is 5.12. The lowest BCUT2D eigenvalue weighted by molar-refractivity contribution is -0.129. The zero-order chi connectivity index (χ0) is 27.1. The Morgan fingerprint density at radius 1 is 1.29 bits per heavy atom. The van der Waals surface area contributed by atoms with Gasteiger partial charge in [0.05, 0.1) is 34.2 Å². The number of halogens is 3. The molecule has 0 unspecified atom stereocenters. The molecule has 194 valence electrons. The molecule has 13 heteroatoms. The van der Waals surface area contributed by atoms with Crippen LogP contribution < -0.4 is 10.7 Å². The van der Waals surface area contributed by atoms with Crippen molar-refractivity contribution in [1.29, 1.82) is 10.9 Å². The fraction of sp³-hybridized carbons (Fsp3) is 0.200. The number of anilines is 1. The van der Waals surface area contributed by atoms with Crippen LogP contribution in [0.4, 0.5) is 14.5 Å². The van der Waals surface area contributed by atoms with Gasteiger partial charge in [-0.3, -0.25) is 15.0 Å². The van der Waals surface area contributed by atoms with Gasteiger partial charge in [0.15, 0.2) is 5.82 Å². The third-order valence-corrected chi connectivity index (χ3v) is 7.13. The molecule has 2 aliphatic rings. The number of nitrogens with one attached hydrogen (secondary N) is 3. The van der Waals surface area contributed by atoms with Crippen LogP contribution in [0.25, 0.3) is 16.8 Å². The maximum Gasteiger partial charge on any atom is 0.251 e. The molecule has 3 aromatic rings. The topological polar surface area (TPSA) is 155 Å². The minimum atomic E-state index is -0.864. The van der Waals surface area contributed by atoms with Crippen LogP contribution in [0.1, 0.15) is 47.1 Å². The molecule has 1 saturated heterocycles. The van der Waals surface area contributed by atoms with Gasteiger partial charge >= 0.3 is 0 Å². The average Bonchev–Trinajstić information content (AvgIpc) is 3.54. The number of rotatable bonds is 7. The van der Waals surface area contributed by atoms with Gasteiger partial charge in [-0.1, -0.05) is 22.9 Å². The molecule has 2 aromatic carbocycles. The molecule has 3 heterocycles. The lowest BCUT2D eigenvalue weighted by atomic mass is 9.92. The predicted molar refractivity (Wildman–Crippen MR) is 136 cm³/mol. The summed E-state index contributed by atoms with van der Waals surface area (Å²) < 4.78 is 29.4. The quantitative estimate of drug-likeness (QED) is 0.145. The van der Waals surface area contributed by atoms with Gasteiger partial charge in [0.1, 0.15) is 18.0 Å². The summed E-state index contributed by atoms with van der Waals surface area (Å²) >= 11 is 6.02. The lowest BCUT2D eigenvalue weighted by Crippen LogP contribution is -2.39. The lowest BCUT2D eigenvalue weighted by Gasteiger charge is -2.33. The van der Waals surface area contributed by atoms with Gasteiger partial charge in [-0.05, 0) is 49.1 Å². The Labute approximate surface area is 220 Å². The molecule has 1 aromatic heterocycles. The molecule has 5 N–H and O–H groups in total. The normalized spacial score (nSPS) is 18.7. The molecular formula is C25H21ClF2N8O2. The van der Waals surface area contributed by atoms with E-state index in [-0.39, 0.29) is 39.8 Å². The van der Waals surface area contributed by atoms with Crippen molar-refractivity contribution >= 4 is 41.0 Å². The van der Waals surface area contributed by atoms with Crippen molar-refractivity contribution in [1.82, 2.24) is 14.9 Å². The Kier molecular flexibility index (Phi) is 6.49. The number of hydrogen-bond acceptors (Lipinski definition) is 6. The highest BCUT2D eigenvalue weighted by Crippen LogP contribution is 2.45. The summed E-state index contributed by atoms with van der Waals surface area (Å²) in [5.41, 5.74) is 13.8. The molecule has 0 aliphatic carbocycles. The van der Waals surface area contributed by atoms with Crippen molar-refractivity contribution in [3.8, 4) is 11.3 Å². The average molecular weight is 539 g/mol.